The second-order valence-electron chi connectivity index (χ2n) is 5.22. The summed E-state index contributed by atoms with van der Waals surface area (Å²) < 4.78 is 5.33. The van der Waals surface area contributed by atoms with Gasteiger partial charge in [0.2, 0.25) is 11.8 Å². The van der Waals surface area contributed by atoms with Gasteiger partial charge in [-0.1, -0.05) is 6.92 Å². The Morgan fingerprint density at radius 2 is 2.18 bits per heavy atom. The van der Waals surface area contributed by atoms with E-state index in [-0.39, 0.29) is 23.9 Å². The van der Waals surface area contributed by atoms with Gasteiger partial charge in [0, 0.05) is 6.61 Å². The Bertz CT molecular complexity index is 335. The van der Waals surface area contributed by atoms with E-state index in [1.54, 1.807) is 18.7 Å². The maximum atomic E-state index is 12.4. The summed E-state index contributed by atoms with van der Waals surface area (Å²) in [7, 11) is 0. The molecule has 2 aliphatic rings. The molecule has 2 amide bonds. The summed E-state index contributed by atoms with van der Waals surface area (Å²) in [5.74, 6) is -0.0524. The van der Waals surface area contributed by atoms with E-state index in [4.69, 9.17) is 4.74 Å². The van der Waals surface area contributed by atoms with E-state index in [1.807, 2.05) is 6.92 Å². The molecule has 1 N–H and O–H groups in total. The molecule has 0 aliphatic carbocycles. The minimum Gasteiger partial charge on any atom is -0.379 e. The normalized spacial score (nSPS) is 32.8. The first-order valence-electron chi connectivity index (χ1n) is 6.20. The van der Waals surface area contributed by atoms with E-state index in [0.29, 0.717) is 19.6 Å². The largest absolute Gasteiger partial charge is 0.379 e. The van der Waals surface area contributed by atoms with Crippen LogP contribution in [0.1, 0.15) is 33.6 Å². The van der Waals surface area contributed by atoms with Gasteiger partial charge in [0.1, 0.15) is 11.6 Å². The summed E-state index contributed by atoms with van der Waals surface area (Å²) in [6.45, 7) is 6.71. The minimum absolute atomic E-state index is 0.0209. The summed E-state index contributed by atoms with van der Waals surface area (Å²) >= 11 is 0. The molecule has 2 saturated heterocycles. The van der Waals surface area contributed by atoms with Crippen molar-refractivity contribution in [3.63, 3.8) is 0 Å². The first-order valence-corrected chi connectivity index (χ1v) is 6.20. The lowest BCUT2D eigenvalue weighted by Crippen LogP contribution is -2.70. The van der Waals surface area contributed by atoms with Crippen molar-refractivity contribution in [1.29, 1.82) is 0 Å². The van der Waals surface area contributed by atoms with E-state index >= 15 is 0 Å². The standard InChI is InChI=1S/C12H20N2O3/c1-4-9-10(15)14(8-5-6-17-7-8)12(2,3)11(16)13-9/h8-9H,4-7H2,1-3H3,(H,13,16). The van der Waals surface area contributed by atoms with Crippen LogP contribution in [0.3, 0.4) is 0 Å². The predicted molar refractivity (Wildman–Crippen MR) is 62.4 cm³/mol. The van der Waals surface area contributed by atoms with Crippen LogP contribution in [0.2, 0.25) is 0 Å². The van der Waals surface area contributed by atoms with Crippen molar-refractivity contribution in [1.82, 2.24) is 10.2 Å². The second kappa shape index (κ2) is 4.29. The zero-order chi connectivity index (χ0) is 12.6. The van der Waals surface area contributed by atoms with Crippen LogP contribution in [0.15, 0.2) is 0 Å². The number of nitrogens with one attached hydrogen (secondary N) is 1. The lowest BCUT2D eigenvalue weighted by molar-refractivity contribution is -0.158. The highest BCUT2D eigenvalue weighted by molar-refractivity contribution is 5.99. The molecule has 2 atom stereocenters. The van der Waals surface area contributed by atoms with Gasteiger partial charge in [-0.2, -0.15) is 0 Å². The Balaban J connectivity index is 2.28. The fourth-order valence-corrected chi connectivity index (χ4v) is 2.59. The van der Waals surface area contributed by atoms with Crippen LogP contribution < -0.4 is 5.32 Å². The van der Waals surface area contributed by atoms with Gasteiger partial charge in [0.25, 0.3) is 0 Å². The Morgan fingerprint density at radius 1 is 1.47 bits per heavy atom. The summed E-state index contributed by atoms with van der Waals surface area (Å²) in [6, 6.07) is -0.339. The van der Waals surface area contributed by atoms with E-state index in [2.05, 4.69) is 5.32 Å². The SMILES string of the molecule is CCC1NC(=O)C(C)(C)N(C2CCOC2)C1=O. The molecule has 0 radical (unpaired) electrons. The lowest BCUT2D eigenvalue weighted by atomic mass is 9.92. The maximum absolute atomic E-state index is 12.4. The van der Waals surface area contributed by atoms with Gasteiger partial charge in [0.15, 0.2) is 0 Å². The van der Waals surface area contributed by atoms with E-state index in [9.17, 15) is 9.59 Å². The highest BCUT2D eigenvalue weighted by Gasteiger charge is 2.49. The molecule has 0 saturated carbocycles. The van der Waals surface area contributed by atoms with Crippen LogP contribution >= 0.6 is 0 Å². The first-order chi connectivity index (χ1) is 7.98. The molecule has 96 valence electrons. The van der Waals surface area contributed by atoms with Gasteiger partial charge in [-0.05, 0) is 26.7 Å². The third-order valence-electron chi connectivity index (χ3n) is 3.68. The summed E-state index contributed by atoms with van der Waals surface area (Å²) in [5, 5.41) is 2.79. The molecule has 2 heterocycles. The molecule has 2 aliphatic heterocycles. The molecule has 17 heavy (non-hydrogen) atoms. The molecule has 5 nitrogen and oxygen atoms in total. The quantitative estimate of drug-likeness (QED) is 0.755. The Morgan fingerprint density at radius 3 is 2.71 bits per heavy atom. The van der Waals surface area contributed by atoms with Crippen molar-refractivity contribution < 1.29 is 14.3 Å². The van der Waals surface area contributed by atoms with Crippen LogP contribution in [0.5, 0.6) is 0 Å². The van der Waals surface area contributed by atoms with Crippen LogP contribution in [-0.2, 0) is 14.3 Å². The highest BCUT2D eigenvalue weighted by atomic mass is 16.5. The molecule has 0 aromatic rings. The summed E-state index contributed by atoms with van der Waals surface area (Å²) in [6.07, 6.45) is 1.45. The van der Waals surface area contributed by atoms with Crippen LogP contribution in [0.4, 0.5) is 0 Å². The van der Waals surface area contributed by atoms with E-state index < -0.39 is 5.54 Å². The molecule has 5 heteroatoms. The number of carbonyl (C=O) groups is 2. The average molecular weight is 240 g/mol. The molecule has 0 spiro atoms. The van der Waals surface area contributed by atoms with Crippen LogP contribution in [-0.4, -0.2) is 47.6 Å². The van der Waals surface area contributed by atoms with Gasteiger partial charge in [0.05, 0.1) is 12.6 Å². The van der Waals surface area contributed by atoms with Gasteiger partial charge in [-0.25, -0.2) is 0 Å². The Hall–Kier alpha value is -1.10. The number of rotatable bonds is 2. The highest BCUT2D eigenvalue weighted by Crippen LogP contribution is 2.28. The maximum Gasteiger partial charge on any atom is 0.246 e. The van der Waals surface area contributed by atoms with Crippen LogP contribution in [0, 0.1) is 0 Å². The number of carbonyl (C=O) groups excluding carboxylic acids is 2. The summed E-state index contributed by atoms with van der Waals surface area (Å²) in [5.41, 5.74) is -0.777. The second-order valence-corrected chi connectivity index (χ2v) is 5.22. The molecule has 2 rings (SSSR count). The number of amides is 2. The fourth-order valence-electron chi connectivity index (χ4n) is 2.59. The number of hydrogen-bond donors (Lipinski definition) is 1. The Labute approximate surface area is 101 Å². The zero-order valence-corrected chi connectivity index (χ0v) is 10.7. The number of piperazine rings is 1. The average Bonchev–Trinajstić information content (AvgIpc) is 2.76. The molecule has 0 aromatic heterocycles. The Kier molecular flexibility index (Phi) is 3.12. The van der Waals surface area contributed by atoms with Crippen molar-refractivity contribution in [3.05, 3.63) is 0 Å². The summed E-state index contributed by atoms with van der Waals surface area (Å²) in [4.78, 5) is 26.1. The molecule has 2 fully saturated rings. The smallest absolute Gasteiger partial charge is 0.246 e. The molecular weight excluding hydrogens is 220 g/mol. The van der Waals surface area contributed by atoms with Crippen molar-refractivity contribution in [2.24, 2.45) is 0 Å². The number of nitrogens with zero attached hydrogens (tertiary/aromatic N) is 1. The van der Waals surface area contributed by atoms with Gasteiger partial charge in [-0.3, -0.25) is 9.59 Å². The van der Waals surface area contributed by atoms with Gasteiger partial charge in [-0.15, -0.1) is 0 Å². The van der Waals surface area contributed by atoms with Crippen molar-refractivity contribution in [2.75, 3.05) is 13.2 Å². The van der Waals surface area contributed by atoms with Gasteiger partial charge >= 0.3 is 0 Å². The fraction of sp³-hybridized carbons (Fsp3) is 0.833. The third-order valence-corrected chi connectivity index (χ3v) is 3.68. The monoisotopic (exact) mass is 240 g/mol. The lowest BCUT2D eigenvalue weighted by Gasteiger charge is -2.46. The molecule has 0 aromatic carbocycles. The minimum atomic E-state index is -0.777. The third kappa shape index (κ3) is 1.92. The number of ether oxygens (including phenoxy) is 1. The van der Waals surface area contributed by atoms with Crippen molar-refractivity contribution >= 4 is 11.8 Å². The van der Waals surface area contributed by atoms with Gasteiger partial charge < -0.3 is 15.0 Å². The van der Waals surface area contributed by atoms with Crippen molar-refractivity contribution in [3.8, 4) is 0 Å². The first kappa shape index (κ1) is 12.4. The molecular formula is C12H20N2O3. The topological polar surface area (TPSA) is 58.6 Å². The molecule has 2 unspecified atom stereocenters. The predicted octanol–water partition coefficient (Wildman–Crippen LogP) is 0.291. The van der Waals surface area contributed by atoms with Crippen molar-refractivity contribution in [2.45, 2.75) is 51.2 Å². The van der Waals surface area contributed by atoms with E-state index in [1.165, 1.54) is 0 Å². The van der Waals surface area contributed by atoms with E-state index in [0.717, 1.165) is 6.42 Å². The molecule has 0 bridgehead atoms. The van der Waals surface area contributed by atoms with Crippen LogP contribution in [0.25, 0.3) is 0 Å². The number of hydrogen-bond acceptors (Lipinski definition) is 3. The zero-order valence-electron chi connectivity index (χ0n) is 10.7.